The highest BCUT2D eigenvalue weighted by Crippen LogP contribution is 2.25. The van der Waals surface area contributed by atoms with Crippen LogP contribution in [0.1, 0.15) is 24.4 Å². The molecule has 0 bridgehead atoms. The molecule has 1 heterocycles. The molecule has 2 rings (SSSR count). The van der Waals surface area contributed by atoms with Gasteiger partial charge in [-0.2, -0.15) is 0 Å². The maximum Gasteiger partial charge on any atom is 0.131 e. The quantitative estimate of drug-likeness (QED) is 0.865. The van der Waals surface area contributed by atoms with Crippen molar-refractivity contribution in [1.82, 2.24) is 9.97 Å². The molecule has 1 aromatic carbocycles. The van der Waals surface area contributed by atoms with E-state index in [-0.39, 0.29) is 5.82 Å². The molecule has 0 amide bonds. The summed E-state index contributed by atoms with van der Waals surface area (Å²) in [5, 5.41) is 9.48. The zero-order chi connectivity index (χ0) is 12.4. The zero-order valence-electron chi connectivity index (χ0n) is 9.68. The number of aryl methyl sites for hydroxylation is 1. The predicted octanol–water partition coefficient (Wildman–Crippen LogP) is 2.64. The van der Waals surface area contributed by atoms with Crippen LogP contribution in [0.25, 0.3) is 11.1 Å². The van der Waals surface area contributed by atoms with Crippen molar-refractivity contribution < 1.29 is 9.50 Å². The fraction of sp³-hybridized carbons (Fsp3) is 0.231. The molecule has 1 aromatic heterocycles. The van der Waals surface area contributed by atoms with E-state index in [1.807, 2.05) is 0 Å². The Morgan fingerprint density at radius 3 is 2.47 bits per heavy atom. The lowest BCUT2D eigenvalue weighted by Gasteiger charge is -2.08. The molecule has 1 N–H and O–H groups in total. The summed E-state index contributed by atoms with van der Waals surface area (Å²) in [6, 6.07) is 4.53. The number of halogens is 1. The van der Waals surface area contributed by atoms with Gasteiger partial charge in [0, 0.05) is 23.5 Å². The van der Waals surface area contributed by atoms with E-state index in [0.717, 1.165) is 0 Å². The van der Waals surface area contributed by atoms with Crippen LogP contribution >= 0.6 is 0 Å². The summed E-state index contributed by atoms with van der Waals surface area (Å²) in [5.74, 6) is 0.294. The maximum atomic E-state index is 13.7. The number of nitrogens with zero attached hydrogens (tertiary/aromatic N) is 2. The van der Waals surface area contributed by atoms with E-state index in [9.17, 15) is 9.50 Å². The van der Waals surface area contributed by atoms with E-state index in [1.54, 1.807) is 38.4 Å². The van der Waals surface area contributed by atoms with Crippen molar-refractivity contribution in [2.24, 2.45) is 0 Å². The Morgan fingerprint density at radius 1 is 1.24 bits per heavy atom. The van der Waals surface area contributed by atoms with Crippen LogP contribution in [-0.2, 0) is 0 Å². The maximum absolute atomic E-state index is 13.7. The van der Waals surface area contributed by atoms with E-state index in [0.29, 0.717) is 22.5 Å². The Balaban J connectivity index is 2.50. The number of hydrogen-bond donors (Lipinski definition) is 1. The summed E-state index contributed by atoms with van der Waals surface area (Å²) in [7, 11) is 0. The molecule has 0 aliphatic heterocycles. The minimum atomic E-state index is -0.624. The minimum absolute atomic E-state index is 0.346. The molecule has 88 valence electrons. The normalized spacial score (nSPS) is 12.5. The molecule has 0 fully saturated rings. The van der Waals surface area contributed by atoms with Gasteiger partial charge in [0.2, 0.25) is 0 Å². The lowest BCUT2D eigenvalue weighted by Crippen LogP contribution is -1.95. The lowest BCUT2D eigenvalue weighted by atomic mass is 10.0. The molecule has 1 atom stereocenters. The minimum Gasteiger partial charge on any atom is -0.389 e. The van der Waals surface area contributed by atoms with Crippen molar-refractivity contribution in [3.8, 4) is 11.1 Å². The molecule has 0 saturated carbocycles. The monoisotopic (exact) mass is 232 g/mol. The van der Waals surface area contributed by atoms with Crippen LogP contribution < -0.4 is 0 Å². The van der Waals surface area contributed by atoms with Crippen LogP contribution in [0.4, 0.5) is 4.39 Å². The van der Waals surface area contributed by atoms with Gasteiger partial charge < -0.3 is 5.11 Å². The van der Waals surface area contributed by atoms with Crippen LogP contribution in [-0.4, -0.2) is 15.1 Å². The smallest absolute Gasteiger partial charge is 0.131 e. The average molecular weight is 232 g/mol. The Morgan fingerprint density at radius 2 is 1.88 bits per heavy atom. The largest absolute Gasteiger partial charge is 0.389 e. The standard InChI is InChI=1S/C13H13FN2O/c1-8(17)10-3-4-13(14)12(5-10)11-6-15-9(2)16-7-11/h3-8,17H,1-2H3. The molecular formula is C13H13FN2O. The Labute approximate surface area is 99.0 Å². The highest BCUT2D eigenvalue weighted by molar-refractivity contribution is 5.63. The first-order valence-corrected chi connectivity index (χ1v) is 5.34. The molecule has 0 radical (unpaired) electrons. The van der Waals surface area contributed by atoms with Gasteiger partial charge in [0.1, 0.15) is 11.6 Å². The van der Waals surface area contributed by atoms with Crippen molar-refractivity contribution in [2.45, 2.75) is 20.0 Å². The number of aliphatic hydroxyl groups excluding tert-OH is 1. The second-order valence-corrected chi connectivity index (χ2v) is 3.93. The van der Waals surface area contributed by atoms with Crippen LogP contribution in [0.5, 0.6) is 0 Å². The number of aliphatic hydroxyl groups is 1. The molecule has 3 nitrogen and oxygen atoms in total. The van der Waals surface area contributed by atoms with Gasteiger partial charge in [-0.1, -0.05) is 6.07 Å². The first-order chi connectivity index (χ1) is 8.08. The molecule has 1 unspecified atom stereocenters. The summed E-state index contributed by atoms with van der Waals surface area (Å²) in [6.45, 7) is 3.41. The first kappa shape index (κ1) is 11.7. The van der Waals surface area contributed by atoms with Gasteiger partial charge >= 0.3 is 0 Å². The third kappa shape index (κ3) is 2.47. The summed E-state index contributed by atoms with van der Waals surface area (Å²) < 4.78 is 13.7. The summed E-state index contributed by atoms with van der Waals surface area (Å²) >= 11 is 0. The van der Waals surface area contributed by atoms with Crippen LogP contribution in [0.2, 0.25) is 0 Å². The molecular weight excluding hydrogens is 219 g/mol. The van der Waals surface area contributed by atoms with Gasteiger partial charge in [0.25, 0.3) is 0 Å². The first-order valence-electron chi connectivity index (χ1n) is 5.34. The third-order valence-corrected chi connectivity index (χ3v) is 2.56. The van der Waals surface area contributed by atoms with Gasteiger partial charge in [-0.3, -0.25) is 0 Å². The second kappa shape index (κ2) is 4.59. The fourth-order valence-corrected chi connectivity index (χ4v) is 1.56. The van der Waals surface area contributed by atoms with Gasteiger partial charge in [0.15, 0.2) is 0 Å². The molecule has 17 heavy (non-hydrogen) atoms. The zero-order valence-corrected chi connectivity index (χ0v) is 9.68. The molecule has 0 saturated heterocycles. The highest BCUT2D eigenvalue weighted by Gasteiger charge is 2.09. The van der Waals surface area contributed by atoms with Gasteiger partial charge in [-0.15, -0.1) is 0 Å². The van der Waals surface area contributed by atoms with Crippen molar-refractivity contribution in [3.05, 3.63) is 47.8 Å². The van der Waals surface area contributed by atoms with E-state index in [1.165, 1.54) is 6.07 Å². The Kier molecular flexibility index (Phi) is 3.15. The number of aromatic nitrogens is 2. The van der Waals surface area contributed by atoms with Crippen molar-refractivity contribution in [3.63, 3.8) is 0 Å². The number of rotatable bonds is 2. The molecule has 0 spiro atoms. The number of benzene rings is 1. The third-order valence-electron chi connectivity index (χ3n) is 2.56. The Bertz CT molecular complexity index is 523. The van der Waals surface area contributed by atoms with E-state index in [2.05, 4.69) is 9.97 Å². The average Bonchev–Trinajstić information content (AvgIpc) is 2.31. The fourth-order valence-electron chi connectivity index (χ4n) is 1.56. The summed E-state index contributed by atoms with van der Waals surface area (Å²) in [6.07, 6.45) is 2.53. The SMILES string of the molecule is Cc1ncc(-c2cc(C(C)O)ccc2F)cn1. The predicted molar refractivity (Wildman–Crippen MR) is 62.8 cm³/mol. The van der Waals surface area contributed by atoms with Crippen molar-refractivity contribution in [2.75, 3.05) is 0 Å². The van der Waals surface area contributed by atoms with Gasteiger partial charge in [-0.05, 0) is 31.5 Å². The van der Waals surface area contributed by atoms with Crippen molar-refractivity contribution in [1.29, 1.82) is 0 Å². The highest BCUT2D eigenvalue weighted by atomic mass is 19.1. The summed E-state index contributed by atoms with van der Waals surface area (Å²) in [5.41, 5.74) is 1.68. The molecule has 2 aromatic rings. The van der Waals surface area contributed by atoms with Gasteiger partial charge in [-0.25, -0.2) is 14.4 Å². The Hall–Kier alpha value is -1.81. The van der Waals surface area contributed by atoms with Crippen LogP contribution in [0.15, 0.2) is 30.6 Å². The summed E-state index contributed by atoms with van der Waals surface area (Å²) in [4.78, 5) is 8.06. The number of hydrogen-bond acceptors (Lipinski definition) is 3. The van der Waals surface area contributed by atoms with Crippen LogP contribution in [0.3, 0.4) is 0 Å². The lowest BCUT2D eigenvalue weighted by molar-refractivity contribution is 0.199. The molecule has 4 heteroatoms. The van der Waals surface area contributed by atoms with E-state index >= 15 is 0 Å². The van der Waals surface area contributed by atoms with E-state index < -0.39 is 6.10 Å². The topological polar surface area (TPSA) is 46.0 Å². The van der Waals surface area contributed by atoms with Crippen LogP contribution in [0, 0.1) is 12.7 Å². The molecule has 0 aliphatic rings. The molecule has 0 aliphatic carbocycles. The second-order valence-electron chi connectivity index (χ2n) is 3.93. The van der Waals surface area contributed by atoms with Crippen molar-refractivity contribution >= 4 is 0 Å². The van der Waals surface area contributed by atoms with Gasteiger partial charge in [0.05, 0.1) is 6.10 Å². The van der Waals surface area contributed by atoms with E-state index in [4.69, 9.17) is 0 Å².